The van der Waals surface area contributed by atoms with Gasteiger partial charge in [-0.3, -0.25) is 9.59 Å². The molecule has 0 radical (unpaired) electrons. The maximum Gasteiger partial charge on any atom is 0.198 e. The van der Waals surface area contributed by atoms with Crippen molar-refractivity contribution >= 4 is 22.9 Å². The van der Waals surface area contributed by atoms with Crippen LogP contribution >= 0.6 is 0 Å². The first-order valence-electron chi connectivity index (χ1n) is 9.67. The second kappa shape index (κ2) is 10.1. The van der Waals surface area contributed by atoms with Gasteiger partial charge in [0.15, 0.2) is 11.6 Å². The summed E-state index contributed by atoms with van der Waals surface area (Å²) in [4.78, 5) is 23.9. The Morgan fingerprint density at radius 2 is 0.750 bits per heavy atom. The first-order valence-corrected chi connectivity index (χ1v) is 9.67. The SMILES string of the molecule is Nc1ccccc1C(=O)c1ccccc1F.Nc1ccccc1C(=O)c1ccccc1F. The van der Waals surface area contributed by atoms with Crippen molar-refractivity contribution < 1.29 is 18.4 Å². The highest BCUT2D eigenvalue weighted by molar-refractivity contribution is 6.12. The standard InChI is InChI=1S/2C13H10FNO/c2*14-11-7-3-1-5-9(11)13(16)10-6-2-4-8-12(10)15/h2*1-8H,15H2. The van der Waals surface area contributed by atoms with E-state index in [0.29, 0.717) is 22.5 Å². The summed E-state index contributed by atoms with van der Waals surface area (Å²) < 4.78 is 26.8. The van der Waals surface area contributed by atoms with E-state index in [1.165, 1.54) is 24.3 Å². The van der Waals surface area contributed by atoms with Gasteiger partial charge in [-0.05, 0) is 48.5 Å². The summed E-state index contributed by atoms with van der Waals surface area (Å²) >= 11 is 0. The van der Waals surface area contributed by atoms with Gasteiger partial charge in [0, 0.05) is 22.5 Å². The third kappa shape index (κ3) is 5.05. The smallest absolute Gasteiger partial charge is 0.198 e. The van der Waals surface area contributed by atoms with Gasteiger partial charge in [0.05, 0.1) is 11.1 Å². The molecular formula is C26H20F2N2O2. The third-order valence-corrected chi connectivity index (χ3v) is 4.65. The van der Waals surface area contributed by atoms with Gasteiger partial charge in [0.25, 0.3) is 0 Å². The predicted molar refractivity (Wildman–Crippen MR) is 121 cm³/mol. The van der Waals surface area contributed by atoms with Crippen LogP contribution < -0.4 is 11.5 Å². The molecule has 4 N–H and O–H groups in total. The second-order valence-electron chi connectivity index (χ2n) is 6.79. The Hall–Kier alpha value is -4.32. The largest absolute Gasteiger partial charge is 0.398 e. The number of halogens is 2. The maximum absolute atomic E-state index is 13.4. The van der Waals surface area contributed by atoms with Crippen LogP contribution in [0.15, 0.2) is 97.1 Å². The number of hydrogen-bond acceptors (Lipinski definition) is 4. The van der Waals surface area contributed by atoms with E-state index in [2.05, 4.69) is 0 Å². The molecule has 32 heavy (non-hydrogen) atoms. The molecule has 0 atom stereocenters. The van der Waals surface area contributed by atoms with Crippen molar-refractivity contribution in [1.82, 2.24) is 0 Å². The number of carbonyl (C=O) groups is 2. The van der Waals surface area contributed by atoms with Crippen LogP contribution in [0.2, 0.25) is 0 Å². The summed E-state index contributed by atoms with van der Waals surface area (Å²) in [5.41, 5.74) is 12.8. The Bertz CT molecular complexity index is 1080. The molecule has 4 aromatic rings. The van der Waals surface area contributed by atoms with Crippen molar-refractivity contribution in [3.05, 3.63) is 131 Å². The molecule has 0 aliphatic heterocycles. The normalized spacial score (nSPS) is 10.1. The molecule has 0 aromatic heterocycles. The van der Waals surface area contributed by atoms with Gasteiger partial charge in [-0.1, -0.05) is 48.5 Å². The summed E-state index contributed by atoms with van der Waals surface area (Å²) in [7, 11) is 0. The van der Waals surface area contributed by atoms with Crippen molar-refractivity contribution in [1.29, 1.82) is 0 Å². The molecule has 4 aromatic carbocycles. The number of rotatable bonds is 4. The average molecular weight is 430 g/mol. The molecule has 0 bridgehead atoms. The van der Waals surface area contributed by atoms with Crippen LogP contribution in [0.5, 0.6) is 0 Å². The average Bonchev–Trinajstić information content (AvgIpc) is 2.80. The van der Waals surface area contributed by atoms with Crippen LogP contribution in [0.4, 0.5) is 20.2 Å². The van der Waals surface area contributed by atoms with Gasteiger partial charge in [0.1, 0.15) is 11.6 Å². The zero-order chi connectivity index (χ0) is 23.1. The van der Waals surface area contributed by atoms with E-state index in [4.69, 9.17) is 11.5 Å². The lowest BCUT2D eigenvalue weighted by Crippen LogP contribution is -2.07. The Morgan fingerprint density at radius 1 is 0.469 bits per heavy atom. The fraction of sp³-hybridized carbons (Fsp3) is 0. The highest BCUT2D eigenvalue weighted by Gasteiger charge is 2.16. The van der Waals surface area contributed by atoms with Crippen molar-refractivity contribution in [2.45, 2.75) is 0 Å². The van der Waals surface area contributed by atoms with Gasteiger partial charge >= 0.3 is 0 Å². The van der Waals surface area contributed by atoms with Crippen LogP contribution in [0.3, 0.4) is 0 Å². The molecular weight excluding hydrogens is 410 g/mol. The maximum atomic E-state index is 13.4. The number of benzene rings is 4. The first kappa shape index (κ1) is 22.4. The number of nitrogen functional groups attached to an aromatic ring is 2. The molecule has 0 aliphatic carbocycles. The van der Waals surface area contributed by atoms with Crippen LogP contribution in [0.25, 0.3) is 0 Å². The van der Waals surface area contributed by atoms with E-state index in [1.807, 2.05) is 0 Å². The van der Waals surface area contributed by atoms with Gasteiger partial charge in [-0.15, -0.1) is 0 Å². The minimum Gasteiger partial charge on any atom is -0.398 e. The molecule has 160 valence electrons. The zero-order valence-corrected chi connectivity index (χ0v) is 17.0. The van der Waals surface area contributed by atoms with E-state index in [-0.39, 0.29) is 11.1 Å². The second-order valence-corrected chi connectivity index (χ2v) is 6.79. The topological polar surface area (TPSA) is 86.2 Å². The Morgan fingerprint density at radius 3 is 1.06 bits per heavy atom. The number of anilines is 2. The number of para-hydroxylation sites is 2. The lowest BCUT2D eigenvalue weighted by Gasteiger charge is -2.04. The molecule has 0 aliphatic rings. The minimum absolute atomic E-state index is 0.0420. The van der Waals surface area contributed by atoms with Gasteiger partial charge in [0.2, 0.25) is 0 Å². The molecule has 0 spiro atoms. The monoisotopic (exact) mass is 430 g/mol. The molecule has 6 heteroatoms. The minimum atomic E-state index is -0.532. The van der Waals surface area contributed by atoms with Crippen molar-refractivity contribution in [2.75, 3.05) is 11.5 Å². The number of carbonyl (C=O) groups excluding carboxylic acids is 2. The number of hydrogen-bond donors (Lipinski definition) is 2. The Kier molecular flexibility index (Phi) is 7.08. The van der Waals surface area contributed by atoms with Crippen molar-refractivity contribution in [3.8, 4) is 0 Å². The van der Waals surface area contributed by atoms with E-state index in [9.17, 15) is 18.4 Å². The Labute approximate surface area is 184 Å². The lowest BCUT2D eigenvalue weighted by atomic mass is 10.0. The fourth-order valence-electron chi connectivity index (χ4n) is 2.99. The summed E-state index contributed by atoms with van der Waals surface area (Å²) in [5, 5.41) is 0. The van der Waals surface area contributed by atoms with E-state index in [1.54, 1.807) is 72.8 Å². The van der Waals surface area contributed by atoms with Gasteiger partial charge in [-0.2, -0.15) is 0 Å². The summed E-state index contributed by atoms with van der Waals surface area (Å²) in [6.45, 7) is 0. The van der Waals surface area contributed by atoms with Crippen LogP contribution in [-0.4, -0.2) is 11.6 Å². The molecule has 0 fully saturated rings. The van der Waals surface area contributed by atoms with Gasteiger partial charge in [-0.25, -0.2) is 8.78 Å². The van der Waals surface area contributed by atoms with E-state index < -0.39 is 23.2 Å². The van der Waals surface area contributed by atoms with E-state index >= 15 is 0 Å². The summed E-state index contributed by atoms with van der Waals surface area (Å²) in [6, 6.07) is 25.0. The van der Waals surface area contributed by atoms with E-state index in [0.717, 1.165) is 0 Å². The molecule has 4 rings (SSSR count). The van der Waals surface area contributed by atoms with Crippen LogP contribution in [-0.2, 0) is 0 Å². The highest BCUT2D eigenvalue weighted by atomic mass is 19.1. The van der Waals surface area contributed by atoms with Gasteiger partial charge < -0.3 is 11.5 Å². The Balaban J connectivity index is 0.000000181. The lowest BCUT2D eigenvalue weighted by molar-refractivity contribution is 0.102. The van der Waals surface area contributed by atoms with Crippen LogP contribution in [0, 0.1) is 11.6 Å². The molecule has 0 saturated carbocycles. The quantitative estimate of drug-likeness (QED) is 0.341. The molecule has 0 unspecified atom stereocenters. The zero-order valence-electron chi connectivity index (χ0n) is 17.0. The van der Waals surface area contributed by atoms with Crippen LogP contribution in [0.1, 0.15) is 31.8 Å². The molecule has 0 saturated heterocycles. The molecule has 0 heterocycles. The number of nitrogens with two attached hydrogens (primary N) is 2. The highest BCUT2D eigenvalue weighted by Crippen LogP contribution is 2.19. The number of ketones is 2. The van der Waals surface area contributed by atoms with Crippen molar-refractivity contribution in [3.63, 3.8) is 0 Å². The van der Waals surface area contributed by atoms with Crippen molar-refractivity contribution in [2.24, 2.45) is 0 Å². The predicted octanol–water partition coefficient (Wildman–Crippen LogP) is 5.28. The summed E-state index contributed by atoms with van der Waals surface area (Å²) in [5.74, 6) is -1.85. The third-order valence-electron chi connectivity index (χ3n) is 4.65. The first-order chi connectivity index (χ1) is 15.4. The fourth-order valence-corrected chi connectivity index (χ4v) is 2.99. The summed E-state index contributed by atoms with van der Waals surface area (Å²) in [6.07, 6.45) is 0. The molecule has 4 nitrogen and oxygen atoms in total. The molecule has 0 amide bonds.